The third kappa shape index (κ3) is 5.22. The lowest BCUT2D eigenvalue weighted by Crippen LogP contribution is -2.28. The van der Waals surface area contributed by atoms with Gasteiger partial charge in [0.25, 0.3) is 0 Å². The number of unbranched alkanes of at least 4 members (excludes halogenated alkanes) is 2. The molecule has 0 aromatic heterocycles. The molecule has 0 aromatic rings. The number of carbonyl (C=O) groups excluding carboxylic acids is 1. The molecule has 160 valence electrons. The minimum Gasteiger partial charge on any atom is -0.326 e. The van der Waals surface area contributed by atoms with Crippen LogP contribution in [0.25, 0.3) is 0 Å². The summed E-state index contributed by atoms with van der Waals surface area (Å²) in [5.74, 6) is 2.78. The minimum atomic E-state index is -0.0560. The second-order valence-electron chi connectivity index (χ2n) is 10.2. The summed E-state index contributed by atoms with van der Waals surface area (Å²) in [6.07, 6.45) is 20.6. The Bertz CT molecular complexity index is 513. The van der Waals surface area contributed by atoms with E-state index in [1.165, 1.54) is 95.5 Å². The normalized spacial score (nSPS) is 31.2. The molecule has 28 heavy (non-hydrogen) atoms. The Labute approximate surface area is 174 Å². The fourth-order valence-electron chi connectivity index (χ4n) is 6.10. The van der Waals surface area contributed by atoms with Gasteiger partial charge in [-0.25, -0.2) is 0 Å². The van der Waals surface area contributed by atoms with Crippen molar-refractivity contribution in [2.45, 2.75) is 122 Å². The number of amides is 1. The summed E-state index contributed by atoms with van der Waals surface area (Å²) in [6, 6.07) is 0. The molecule has 2 nitrogen and oxygen atoms in total. The number of carbonyl (C=O) groups is 1. The van der Waals surface area contributed by atoms with Crippen LogP contribution in [0.1, 0.15) is 117 Å². The fourth-order valence-corrected chi connectivity index (χ4v) is 6.10. The van der Waals surface area contributed by atoms with Crippen molar-refractivity contribution in [2.24, 2.45) is 17.8 Å². The quantitative estimate of drug-likeness (QED) is 0.269. The number of rotatable bonds is 11. The number of hydrogen-bond donors (Lipinski definition) is 0. The van der Waals surface area contributed by atoms with Crippen LogP contribution in [0.4, 0.5) is 0 Å². The van der Waals surface area contributed by atoms with Crippen molar-refractivity contribution in [1.82, 2.24) is 4.90 Å². The summed E-state index contributed by atoms with van der Waals surface area (Å²) in [6.45, 7) is 9.96. The van der Waals surface area contributed by atoms with Gasteiger partial charge < -0.3 is 4.90 Å². The van der Waals surface area contributed by atoms with Crippen LogP contribution in [0.15, 0.2) is 12.2 Å². The van der Waals surface area contributed by atoms with Crippen LogP contribution >= 0.6 is 0 Å². The minimum absolute atomic E-state index is 0.0560. The molecular weight excluding hydrogens is 342 g/mol. The van der Waals surface area contributed by atoms with Crippen molar-refractivity contribution < 1.29 is 4.79 Å². The molecule has 0 spiro atoms. The van der Waals surface area contributed by atoms with Crippen LogP contribution in [-0.2, 0) is 4.79 Å². The molecule has 0 N–H and O–H groups in total. The maximum absolute atomic E-state index is 13.0. The highest BCUT2D eigenvalue weighted by Crippen LogP contribution is 2.48. The van der Waals surface area contributed by atoms with Crippen LogP contribution in [-0.4, -0.2) is 22.9 Å². The zero-order valence-electron chi connectivity index (χ0n) is 18.8. The molecule has 2 aliphatic carbocycles. The van der Waals surface area contributed by atoms with Gasteiger partial charge in [-0.1, -0.05) is 77.4 Å². The van der Waals surface area contributed by atoms with E-state index in [2.05, 4.69) is 25.3 Å². The highest BCUT2D eigenvalue weighted by molar-refractivity contribution is 6.02. The van der Waals surface area contributed by atoms with E-state index < -0.39 is 0 Å². The molecule has 0 radical (unpaired) electrons. The molecule has 0 bridgehead atoms. The maximum Gasteiger partial charge on any atom is 0.249 e. The molecule has 1 heterocycles. The van der Waals surface area contributed by atoms with E-state index in [-0.39, 0.29) is 5.54 Å². The molecular formula is C26H45NO. The summed E-state index contributed by atoms with van der Waals surface area (Å²) in [5, 5.41) is 0. The van der Waals surface area contributed by atoms with Crippen LogP contribution in [0, 0.1) is 17.8 Å². The van der Waals surface area contributed by atoms with Gasteiger partial charge in [0.05, 0.1) is 0 Å². The van der Waals surface area contributed by atoms with E-state index in [4.69, 9.17) is 0 Å². The molecule has 2 heteroatoms. The highest BCUT2D eigenvalue weighted by atomic mass is 16.2. The average Bonchev–Trinajstić information content (AvgIpc) is 3.26. The van der Waals surface area contributed by atoms with Crippen LogP contribution in [0.2, 0.25) is 0 Å². The first kappa shape index (κ1) is 21.9. The predicted molar refractivity (Wildman–Crippen MR) is 119 cm³/mol. The molecule has 1 amide bonds. The molecule has 3 aliphatic rings. The Kier molecular flexibility index (Phi) is 8.06. The highest BCUT2D eigenvalue weighted by Gasteiger charge is 2.61. The van der Waals surface area contributed by atoms with E-state index >= 15 is 0 Å². The Morgan fingerprint density at radius 1 is 0.964 bits per heavy atom. The maximum atomic E-state index is 13.0. The van der Waals surface area contributed by atoms with Gasteiger partial charge in [0, 0.05) is 6.54 Å². The second kappa shape index (κ2) is 10.3. The Hall–Kier alpha value is -0.790. The smallest absolute Gasteiger partial charge is 0.249 e. The predicted octanol–water partition coefficient (Wildman–Crippen LogP) is 7.28. The Balaban J connectivity index is 1.50. The molecule has 3 rings (SSSR count). The lowest BCUT2D eigenvalue weighted by Gasteiger charge is -2.31. The summed E-state index contributed by atoms with van der Waals surface area (Å²) in [7, 11) is 0. The lowest BCUT2D eigenvalue weighted by molar-refractivity contribution is -0.114. The summed E-state index contributed by atoms with van der Waals surface area (Å²) in [4.78, 5) is 15.3. The van der Waals surface area contributed by atoms with Crippen LogP contribution in [0.5, 0.6) is 0 Å². The molecule has 1 atom stereocenters. The van der Waals surface area contributed by atoms with E-state index in [9.17, 15) is 4.79 Å². The zero-order valence-corrected chi connectivity index (χ0v) is 18.8. The molecule has 0 aromatic carbocycles. The van der Waals surface area contributed by atoms with Crippen molar-refractivity contribution >= 4 is 5.91 Å². The van der Waals surface area contributed by atoms with Crippen molar-refractivity contribution in [3.05, 3.63) is 12.2 Å². The van der Waals surface area contributed by atoms with E-state index in [0.29, 0.717) is 5.91 Å². The summed E-state index contributed by atoms with van der Waals surface area (Å²) >= 11 is 0. The van der Waals surface area contributed by atoms with Crippen molar-refractivity contribution in [3.63, 3.8) is 0 Å². The van der Waals surface area contributed by atoms with Crippen molar-refractivity contribution in [3.8, 4) is 0 Å². The van der Waals surface area contributed by atoms with Gasteiger partial charge in [-0.15, -0.1) is 0 Å². The van der Waals surface area contributed by atoms with Gasteiger partial charge in [-0.3, -0.25) is 4.79 Å². The van der Waals surface area contributed by atoms with Gasteiger partial charge in [0.2, 0.25) is 5.91 Å². The first-order valence-electron chi connectivity index (χ1n) is 12.6. The third-order valence-electron chi connectivity index (χ3n) is 8.12. The second-order valence-corrected chi connectivity index (χ2v) is 10.2. The standard InChI is InChI=1S/C26H45NO/c1-4-6-11-21(3)24-16-14-23(15-17-24)20-27-25(28)26(27,18-7-5-2)19-22-12-9-8-10-13-22/h22-24H,3-20H2,1-2H3/t23-,24-,26?,27?. The van der Waals surface area contributed by atoms with E-state index in [1.807, 2.05) is 0 Å². The number of allylic oxidation sites excluding steroid dienone is 1. The Morgan fingerprint density at radius 3 is 2.29 bits per heavy atom. The van der Waals surface area contributed by atoms with Crippen LogP contribution in [0.3, 0.4) is 0 Å². The molecule has 1 aliphatic heterocycles. The fraction of sp³-hybridized carbons (Fsp3) is 0.885. The average molecular weight is 388 g/mol. The van der Waals surface area contributed by atoms with Gasteiger partial charge >= 0.3 is 0 Å². The summed E-state index contributed by atoms with van der Waals surface area (Å²) in [5.41, 5.74) is 1.44. The Morgan fingerprint density at radius 2 is 1.64 bits per heavy atom. The molecule has 2 saturated carbocycles. The number of hydrogen-bond acceptors (Lipinski definition) is 1. The van der Waals surface area contributed by atoms with E-state index in [1.54, 1.807) is 0 Å². The zero-order chi connectivity index (χ0) is 20.0. The summed E-state index contributed by atoms with van der Waals surface area (Å²) < 4.78 is 0. The monoisotopic (exact) mass is 387 g/mol. The first-order valence-corrected chi connectivity index (χ1v) is 12.6. The van der Waals surface area contributed by atoms with Crippen LogP contribution < -0.4 is 0 Å². The SMILES string of the molecule is C=C(CCCC)[C@H]1CC[C@H](CN2C(=O)C2(CCCC)CC2CCCCC2)CC1. The van der Waals surface area contributed by atoms with Crippen molar-refractivity contribution in [2.75, 3.05) is 6.54 Å². The van der Waals surface area contributed by atoms with Gasteiger partial charge in [0.15, 0.2) is 0 Å². The van der Waals surface area contributed by atoms with Gasteiger partial charge in [-0.05, 0) is 69.1 Å². The number of nitrogens with zero attached hydrogens (tertiary/aromatic N) is 1. The molecule has 3 fully saturated rings. The van der Waals surface area contributed by atoms with E-state index in [0.717, 1.165) is 37.1 Å². The lowest BCUT2D eigenvalue weighted by atomic mass is 9.77. The third-order valence-corrected chi connectivity index (χ3v) is 8.12. The van der Waals surface area contributed by atoms with Gasteiger partial charge in [0.1, 0.15) is 5.54 Å². The topological polar surface area (TPSA) is 20.1 Å². The van der Waals surface area contributed by atoms with Crippen molar-refractivity contribution in [1.29, 1.82) is 0 Å². The first-order chi connectivity index (χ1) is 13.6. The molecule has 1 saturated heterocycles. The molecule has 1 unspecified atom stereocenters. The largest absolute Gasteiger partial charge is 0.326 e. The van der Waals surface area contributed by atoms with Gasteiger partial charge in [-0.2, -0.15) is 0 Å².